The van der Waals surface area contributed by atoms with E-state index in [4.69, 9.17) is 4.42 Å². The molecule has 0 saturated carbocycles. The number of hydrogen-bond acceptors (Lipinski definition) is 5. The molecular formula is C14H15N5O. The number of aryl methyl sites for hydroxylation is 1. The number of tetrazole rings is 1. The molecule has 2 aromatic heterocycles. The van der Waals surface area contributed by atoms with Crippen molar-refractivity contribution in [2.24, 2.45) is 0 Å². The molecule has 1 aromatic carbocycles. The van der Waals surface area contributed by atoms with Gasteiger partial charge in [0.25, 0.3) is 0 Å². The van der Waals surface area contributed by atoms with Crippen molar-refractivity contribution >= 4 is 5.69 Å². The van der Waals surface area contributed by atoms with Gasteiger partial charge in [-0.25, -0.2) is 4.68 Å². The molecule has 0 fully saturated rings. The van der Waals surface area contributed by atoms with Crippen LogP contribution in [0.4, 0.5) is 5.69 Å². The van der Waals surface area contributed by atoms with Crippen LogP contribution in [-0.2, 0) is 0 Å². The van der Waals surface area contributed by atoms with Gasteiger partial charge in [0.2, 0.25) is 0 Å². The van der Waals surface area contributed by atoms with Crippen molar-refractivity contribution in [2.75, 3.05) is 5.32 Å². The Hall–Kier alpha value is -2.63. The van der Waals surface area contributed by atoms with E-state index in [0.29, 0.717) is 0 Å². The molecule has 0 aliphatic heterocycles. The van der Waals surface area contributed by atoms with Gasteiger partial charge < -0.3 is 9.73 Å². The summed E-state index contributed by atoms with van der Waals surface area (Å²) < 4.78 is 7.04. The lowest BCUT2D eigenvalue weighted by Gasteiger charge is -2.14. The third-order valence-electron chi connectivity index (χ3n) is 3.16. The zero-order valence-corrected chi connectivity index (χ0v) is 11.3. The van der Waals surface area contributed by atoms with Crippen molar-refractivity contribution in [3.8, 4) is 5.69 Å². The summed E-state index contributed by atoms with van der Waals surface area (Å²) in [4.78, 5) is 0. The van der Waals surface area contributed by atoms with Gasteiger partial charge in [-0.1, -0.05) is 6.07 Å². The molecule has 20 heavy (non-hydrogen) atoms. The Morgan fingerprint density at radius 3 is 2.90 bits per heavy atom. The molecule has 0 saturated heterocycles. The molecule has 102 valence electrons. The highest BCUT2D eigenvalue weighted by Gasteiger charge is 2.10. The van der Waals surface area contributed by atoms with Crippen LogP contribution in [0.1, 0.15) is 24.3 Å². The van der Waals surface area contributed by atoms with Gasteiger partial charge in [-0.15, -0.1) is 5.10 Å². The lowest BCUT2D eigenvalue weighted by molar-refractivity contribution is 0.490. The second-order valence-electron chi connectivity index (χ2n) is 4.64. The molecule has 0 bridgehead atoms. The highest BCUT2D eigenvalue weighted by molar-refractivity contribution is 5.55. The minimum absolute atomic E-state index is 0.0921. The van der Waals surface area contributed by atoms with Gasteiger partial charge in [-0.3, -0.25) is 0 Å². The van der Waals surface area contributed by atoms with Crippen LogP contribution in [0.25, 0.3) is 5.69 Å². The standard InChI is InChI=1S/C14H15N5O/c1-10-5-6-12(8-13(10)19-9-15-17-18-19)16-11(2)14-4-3-7-20-14/h3-9,11,16H,1-2H3. The normalized spacial score (nSPS) is 12.3. The summed E-state index contributed by atoms with van der Waals surface area (Å²) in [5, 5.41) is 14.7. The first-order valence-corrected chi connectivity index (χ1v) is 6.38. The molecular weight excluding hydrogens is 254 g/mol. The summed E-state index contributed by atoms with van der Waals surface area (Å²) >= 11 is 0. The first-order chi connectivity index (χ1) is 9.74. The van der Waals surface area contributed by atoms with E-state index in [-0.39, 0.29) is 6.04 Å². The van der Waals surface area contributed by atoms with Crippen molar-refractivity contribution < 1.29 is 4.42 Å². The summed E-state index contributed by atoms with van der Waals surface area (Å²) in [5.41, 5.74) is 3.05. The Morgan fingerprint density at radius 1 is 1.30 bits per heavy atom. The second-order valence-corrected chi connectivity index (χ2v) is 4.64. The van der Waals surface area contributed by atoms with Crippen molar-refractivity contribution in [3.05, 3.63) is 54.2 Å². The molecule has 1 unspecified atom stereocenters. The molecule has 1 N–H and O–H groups in total. The second kappa shape index (κ2) is 5.16. The predicted octanol–water partition coefficient (Wildman–Crippen LogP) is 2.74. The van der Waals surface area contributed by atoms with E-state index in [2.05, 4.69) is 27.8 Å². The predicted molar refractivity (Wildman–Crippen MR) is 74.6 cm³/mol. The zero-order valence-electron chi connectivity index (χ0n) is 11.3. The number of furan rings is 1. The molecule has 6 heteroatoms. The number of benzene rings is 1. The molecule has 0 aliphatic rings. The summed E-state index contributed by atoms with van der Waals surface area (Å²) in [6, 6.07) is 10.0. The van der Waals surface area contributed by atoms with Gasteiger partial charge in [0.05, 0.1) is 18.0 Å². The van der Waals surface area contributed by atoms with Crippen molar-refractivity contribution in [2.45, 2.75) is 19.9 Å². The van der Waals surface area contributed by atoms with Crippen LogP contribution >= 0.6 is 0 Å². The molecule has 3 rings (SSSR count). The van der Waals surface area contributed by atoms with Gasteiger partial charge in [-0.05, 0) is 54.1 Å². The Labute approximate surface area is 116 Å². The lowest BCUT2D eigenvalue weighted by Crippen LogP contribution is -2.07. The van der Waals surface area contributed by atoms with Crippen LogP contribution in [0.5, 0.6) is 0 Å². The van der Waals surface area contributed by atoms with Crippen molar-refractivity contribution in [1.82, 2.24) is 20.2 Å². The molecule has 0 amide bonds. The molecule has 2 heterocycles. The van der Waals surface area contributed by atoms with E-state index in [0.717, 1.165) is 22.7 Å². The molecule has 6 nitrogen and oxygen atoms in total. The lowest BCUT2D eigenvalue weighted by atomic mass is 10.1. The van der Waals surface area contributed by atoms with Gasteiger partial charge >= 0.3 is 0 Å². The van der Waals surface area contributed by atoms with Crippen LogP contribution < -0.4 is 5.32 Å². The van der Waals surface area contributed by atoms with E-state index in [1.54, 1.807) is 17.3 Å². The number of nitrogens with one attached hydrogen (secondary N) is 1. The summed E-state index contributed by atoms with van der Waals surface area (Å²) in [6.07, 6.45) is 3.26. The summed E-state index contributed by atoms with van der Waals surface area (Å²) in [7, 11) is 0. The molecule has 1 atom stereocenters. The maximum atomic E-state index is 5.39. The summed E-state index contributed by atoms with van der Waals surface area (Å²) in [5.74, 6) is 0.898. The van der Waals surface area contributed by atoms with Crippen LogP contribution in [0.3, 0.4) is 0 Å². The average Bonchev–Trinajstić information content (AvgIpc) is 3.14. The van der Waals surface area contributed by atoms with E-state index in [1.807, 2.05) is 37.3 Å². The Kier molecular flexibility index (Phi) is 3.20. The average molecular weight is 269 g/mol. The number of nitrogens with zero attached hydrogens (tertiary/aromatic N) is 4. The Balaban J connectivity index is 1.86. The van der Waals surface area contributed by atoms with Crippen LogP contribution in [-0.4, -0.2) is 20.2 Å². The number of anilines is 1. The van der Waals surface area contributed by atoms with E-state index in [1.165, 1.54) is 0 Å². The SMILES string of the molecule is Cc1ccc(NC(C)c2ccco2)cc1-n1cnnn1. The Morgan fingerprint density at radius 2 is 2.20 bits per heavy atom. The highest BCUT2D eigenvalue weighted by atomic mass is 16.3. The fraction of sp³-hybridized carbons (Fsp3) is 0.214. The molecule has 0 aliphatic carbocycles. The topological polar surface area (TPSA) is 68.8 Å². The maximum absolute atomic E-state index is 5.39. The minimum atomic E-state index is 0.0921. The van der Waals surface area contributed by atoms with Crippen LogP contribution in [0.15, 0.2) is 47.3 Å². The number of aromatic nitrogens is 4. The fourth-order valence-corrected chi connectivity index (χ4v) is 2.08. The van der Waals surface area contributed by atoms with Crippen molar-refractivity contribution in [3.63, 3.8) is 0 Å². The smallest absolute Gasteiger partial charge is 0.143 e. The van der Waals surface area contributed by atoms with E-state index in [9.17, 15) is 0 Å². The van der Waals surface area contributed by atoms with Gasteiger partial charge in [0.1, 0.15) is 12.1 Å². The van der Waals surface area contributed by atoms with E-state index < -0.39 is 0 Å². The highest BCUT2D eigenvalue weighted by Crippen LogP contribution is 2.23. The molecule has 3 aromatic rings. The van der Waals surface area contributed by atoms with Gasteiger partial charge in [0, 0.05) is 5.69 Å². The quantitative estimate of drug-likeness (QED) is 0.788. The van der Waals surface area contributed by atoms with E-state index >= 15 is 0 Å². The third kappa shape index (κ3) is 2.40. The first-order valence-electron chi connectivity index (χ1n) is 6.38. The largest absolute Gasteiger partial charge is 0.467 e. The maximum Gasteiger partial charge on any atom is 0.143 e. The third-order valence-corrected chi connectivity index (χ3v) is 3.16. The fourth-order valence-electron chi connectivity index (χ4n) is 2.08. The first kappa shape index (κ1) is 12.4. The van der Waals surface area contributed by atoms with Crippen LogP contribution in [0.2, 0.25) is 0 Å². The van der Waals surface area contributed by atoms with Gasteiger partial charge in [-0.2, -0.15) is 0 Å². The zero-order chi connectivity index (χ0) is 13.9. The Bertz CT molecular complexity index is 676. The number of rotatable bonds is 4. The van der Waals surface area contributed by atoms with Crippen molar-refractivity contribution in [1.29, 1.82) is 0 Å². The molecule has 0 spiro atoms. The summed E-state index contributed by atoms with van der Waals surface area (Å²) in [6.45, 7) is 4.08. The van der Waals surface area contributed by atoms with Gasteiger partial charge in [0.15, 0.2) is 0 Å². The number of hydrogen-bond donors (Lipinski definition) is 1. The van der Waals surface area contributed by atoms with Crippen LogP contribution in [0, 0.1) is 6.92 Å². The monoisotopic (exact) mass is 269 g/mol. The molecule has 0 radical (unpaired) electrons. The minimum Gasteiger partial charge on any atom is -0.467 e.